The number of sulfone groups is 1. The number of hydrogen-bond donors (Lipinski definition) is 1. The molecule has 1 spiro atoms. The first-order valence-electron chi connectivity index (χ1n) is 11.7. The predicted octanol–water partition coefficient (Wildman–Crippen LogP) is 3.93. The monoisotopic (exact) mass is 511 g/mol. The minimum atomic E-state index is -3.41. The van der Waals surface area contributed by atoms with Gasteiger partial charge in [0.15, 0.2) is 9.84 Å². The van der Waals surface area contributed by atoms with Gasteiger partial charge in [-0.3, -0.25) is 5.10 Å². The lowest BCUT2D eigenvalue weighted by molar-refractivity contribution is -0.0601. The third-order valence-electron chi connectivity index (χ3n) is 7.69. The van der Waals surface area contributed by atoms with Crippen LogP contribution in [0, 0.1) is 5.41 Å². The van der Waals surface area contributed by atoms with Gasteiger partial charge in [-0.25, -0.2) is 18.2 Å². The van der Waals surface area contributed by atoms with Crippen LogP contribution in [0.3, 0.4) is 0 Å². The topological polar surface area (TPSA) is 99.3 Å². The second-order valence-electron chi connectivity index (χ2n) is 10.3. The third kappa shape index (κ3) is 4.00. The highest BCUT2D eigenvalue weighted by Gasteiger charge is 2.55. The minimum absolute atomic E-state index is 0.130. The molecule has 3 heterocycles. The van der Waals surface area contributed by atoms with Crippen LogP contribution in [0.15, 0.2) is 53.7 Å². The van der Waals surface area contributed by atoms with Crippen LogP contribution in [-0.2, 0) is 9.84 Å². The van der Waals surface area contributed by atoms with E-state index in [1.165, 1.54) is 12.3 Å². The number of hydrogen-bond acceptors (Lipinski definition) is 5. The maximum Gasteiger partial charge on any atom is 0.320 e. The van der Waals surface area contributed by atoms with Gasteiger partial charge >= 0.3 is 6.03 Å². The van der Waals surface area contributed by atoms with Crippen LogP contribution in [-0.4, -0.2) is 71.9 Å². The molecule has 1 saturated carbocycles. The summed E-state index contributed by atoms with van der Waals surface area (Å²) in [5, 5.41) is 7.29. The molecule has 2 amide bonds. The van der Waals surface area contributed by atoms with E-state index in [0.29, 0.717) is 35.5 Å². The van der Waals surface area contributed by atoms with E-state index in [1.54, 1.807) is 18.5 Å². The van der Waals surface area contributed by atoms with Gasteiger partial charge in [0.05, 0.1) is 4.90 Å². The van der Waals surface area contributed by atoms with E-state index in [9.17, 15) is 13.2 Å². The minimum Gasteiger partial charge on any atom is -0.323 e. The molecule has 182 valence electrons. The molecule has 0 unspecified atom stereocenters. The van der Waals surface area contributed by atoms with E-state index in [4.69, 9.17) is 11.6 Å². The summed E-state index contributed by atoms with van der Waals surface area (Å²) in [6.45, 7) is 3.07. The molecule has 6 rings (SSSR count). The van der Waals surface area contributed by atoms with Crippen LogP contribution in [0.25, 0.3) is 11.1 Å². The van der Waals surface area contributed by atoms with Crippen LogP contribution < -0.4 is 0 Å². The van der Waals surface area contributed by atoms with Crippen molar-refractivity contribution in [3.63, 3.8) is 0 Å². The lowest BCUT2D eigenvalue weighted by atomic mass is 9.57. The van der Waals surface area contributed by atoms with E-state index in [2.05, 4.69) is 15.2 Å². The number of carbonyl (C=O) groups excluding carboxylic acids is 1. The highest BCUT2D eigenvalue weighted by molar-refractivity contribution is 7.90. The zero-order valence-electron chi connectivity index (χ0n) is 19.3. The van der Waals surface area contributed by atoms with Crippen molar-refractivity contribution < 1.29 is 13.2 Å². The molecule has 0 radical (unpaired) electrons. The molecule has 3 fully saturated rings. The maximum absolute atomic E-state index is 12.9. The van der Waals surface area contributed by atoms with Crippen LogP contribution in [0.4, 0.5) is 4.79 Å². The van der Waals surface area contributed by atoms with Crippen molar-refractivity contribution in [2.45, 2.75) is 29.6 Å². The van der Waals surface area contributed by atoms with Crippen molar-refractivity contribution in [3.05, 3.63) is 65.2 Å². The van der Waals surface area contributed by atoms with Crippen LogP contribution in [0.2, 0.25) is 5.02 Å². The first kappa shape index (κ1) is 22.5. The average molecular weight is 512 g/mol. The molecule has 1 N–H and O–H groups in total. The number of nitrogens with one attached hydrogen (secondary N) is 1. The van der Waals surface area contributed by atoms with E-state index in [-0.39, 0.29) is 16.3 Å². The first-order chi connectivity index (χ1) is 16.7. The summed E-state index contributed by atoms with van der Waals surface area (Å²) >= 11 is 6.03. The number of likely N-dealkylation sites (tertiary alicyclic amines) is 2. The van der Waals surface area contributed by atoms with Crippen molar-refractivity contribution in [2.75, 3.05) is 32.4 Å². The standard InChI is InChI=1S/C25H26ClN5O3S/c1-35(33,34)22-8-20(26)6-7-21(22)17-4-2-16(3-5-17)19-11-30(12-19)24(32)31-13-25(14-31)9-18(10-25)23-27-15-28-29-23/h2-8,15,18-19H,9-14H2,1H3,(H,27,28,29). The number of aromatic amines is 1. The van der Waals surface area contributed by atoms with Gasteiger partial charge in [-0.1, -0.05) is 41.9 Å². The Kier molecular flexibility index (Phi) is 5.19. The molecule has 3 aliphatic rings. The number of nitrogens with zero attached hydrogens (tertiary/aromatic N) is 4. The zero-order valence-corrected chi connectivity index (χ0v) is 20.9. The van der Waals surface area contributed by atoms with Gasteiger partial charge in [-0.05, 0) is 36.1 Å². The van der Waals surface area contributed by atoms with Crippen molar-refractivity contribution >= 4 is 27.5 Å². The second-order valence-corrected chi connectivity index (χ2v) is 12.7. The largest absolute Gasteiger partial charge is 0.323 e. The highest BCUT2D eigenvalue weighted by Crippen LogP contribution is 2.55. The molecule has 10 heteroatoms. The Morgan fingerprint density at radius 3 is 2.40 bits per heavy atom. The molecule has 1 aliphatic carbocycles. The quantitative estimate of drug-likeness (QED) is 0.572. The van der Waals surface area contributed by atoms with Crippen LogP contribution >= 0.6 is 11.6 Å². The number of halogens is 1. The smallest absolute Gasteiger partial charge is 0.320 e. The van der Waals surface area contributed by atoms with Gasteiger partial charge in [-0.2, -0.15) is 5.10 Å². The van der Waals surface area contributed by atoms with Crippen LogP contribution in [0.5, 0.6) is 0 Å². The summed E-state index contributed by atoms with van der Waals surface area (Å²) < 4.78 is 24.4. The Hall–Kier alpha value is -2.91. The first-order valence-corrected chi connectivity index (χ1v) is 14.0. The molecule has 0 bridgehead atoms. The molecular weight excluding hydrogens is 486 g/mol. The van der Waals surface area contributed by atoms with Gasteiger partial charge in [0.1, 0.15) is 12.2 Å². The fourth-order valence-electron chi connectivity index (χ4n) is 5.77. The zero-order chi connectivity index (χ0) is 24.4. The number of carbonyl (C=O) groups is 1. The number of urea groups is 1. The number of benzene rings is 2. The van der Waals surface area contributed by atoms with E-state index >= 15 is 0 Å². The summed E-state index contributed by atoms with van der Waals surface area (Å²) in [7, 11) is -3.41. The number of H-pyrrole nitrogens is 1. The van der Waals surface area contributed by atoms with Gasteiger partial charge in [0.25, 0.3) is 0 Å². The Labute approximate surface area is 209 Å². The Bertz CT molecular complexity index is 1370. The Morgan fingerprint density at radius 2 is 1.77 bits per heavy atom. The molecule has 2 saturated heterocycles. The summed E-state index contributed by atoms with van der Waals surface area (Å²) in [5.74, 6) is 1.69. The molecule has 8 nitrogen and oxygen atoms in total. The van der Waals surface area contributed by atoms with Crippen molar-refractivity contribution in [1.82, 2.24) is 25.0 Å². The Balaban J connectivity index is 1.04. The Morgan fingerprint density at radius 1 is 1.06 bits per heavy atom. The maximum atomic E-state index is 12.9. The average Bonchev–Trinajstić information content (AvgIpc) is 3.25. The highest BCUT2D eigenvalue weighted by atomic mass is 35.5. The summed E-state index contributed by atoms with van der Waals surface area (Å²) in [4.78, 5) is 21.2. The van der Waals surface area contributed by atoms with Gasteiger partial charge in [0, 0.05) is 60.3 Å². The molecule has 1 aromatic heterocycles. The summed E-state index contributed by atoms with van der Waals surface area (Å²) in [6.07, 6.45) is 4.87. The molecule has 0 atom stereocenters. The van der Waals surface area contributed by atoms with Gasteiger partial charge < -0.3 is 9.80 Å². The van der Waals surface area contributed by atoms with Crippen molar-refractivity contribution in [2.24, 2.45) is 5.41 Å². The molecule has 3 aromatic rings. The van der Waals surface area contributed by atoms with Crippen molar-refractivity contribution in [3.8, 4) is 11.1 Å². The summed E-state index contributed by atoms with van der Waals surface area (Å²) in [6, 6.07) is 13.0. The van der Waals surface area contributed by atoms with E-state index < -0.39 is 9.84 Å². The third-order valence-corrected chi connectivity index (χ3v) is 9.06. The fourth-order valence-corrected chi connectivity index (χ4v) is 6.93. The second kappa shape index (κ2) is 8.06. The number of amides is 2. The fraction of sp³-hybridized carbons (Fsp3) is 0.400. The van der Waals surface area contributed by atoms with E-state index in [0.717, 1.165) is 42.9 Å². The predicted molar refractivity (Wildman–Crippen MR) is 132 cm³/mol. The number of rotatable bonds is 4. The summed E-state index contributed by atoms with van der Waals surface area (Å²) in [5.41, 5.74) is 2.89. The van der Waals surface area contributed by atoms with Gasteiger partial charge in [0.2, 0.25) is 0 Å². The van der Waals surface area contributed by atoms with Crippen molar-refractivity contribution in [1.29, 1.82) is 0 Å². The molecule has 35 heavy (non-hydrogen) atoms. The number of aromatic nitrogens is 3. The lowest BCUT2D eigenvalue weighted by Crippen LogP contribution is -2.67. The SMILES string of the molecule is CS(=O)(=O)c1cc(Cl)ccc1-c1ccc(C2CN(C(=O)N3CC4(CC(c5ncn[nH]5)C4)C3)C2)cc1. The van der Waals surface area contributed by atoms with Gasteiger partial charge in [-0.15, -0.1) is 0 Å². The van der Waals surface area contributed by atoms with E-state index in [1.807, 2.05) is 34.1 Å². The molecule has 2 aromatic carbocycles. The molecular formula is C25H26ClN5O3S. The normalized spacial score (nSPS) is 19.8. The molecule has 2 aliphatic heterocycles. The lowest BCUT2D eigenvalue weighted by Gasteiger charge is -2.59. The van der Waals surface area contributed by atoms with Crippen LogP contribution in [0.1, 0.15) is 36.1 Å².